The number of halogens is 2. The number of anilines is 1. The molecule has 26 heavy (non-hydrogen) atoms. The Morgan fingerprint density at radius 3 is 2.88 bits per heavy atom. The maximum atomic E-state index is 6.52. The fourth-order valence-electron chi connectivity index (χ4n) is 3.94. The normalized spacial score (nSPS) is 23.1. The summed E-state index contributed by atoms with van der Waals surface area (Å²) in [5, 5.41) is 4.93. The van der Waals surface area contributed by atoms with E-state index >= 15 is 0 Å². The van der Waals surface area contributed by atoms with Gasteiger partial charge >= 0.3 is 0 Å². The maximum absolute atomic E-state index is 6.52. The predicted molar refractivity (Wildman–Crippen MR) is 110 cm³/mol. The molecule has 0 saturated carbocycles. The van der Waals surface area contributed by atoms with E-state index in [9.17, 15) is 0 Å². The third-order valence-electron chi connectivity index (χ3n) is 5.14. The van der Waals surface area contributed by atoms with E-state index in [1.54, 1.807) is 0 Å². The fourth-order valence-corrected chi connectivity index (χ4v) is 4.36. The molecule has 0 spiro atoms. The minimum absolute atomic E-state index is 0.135. The van der Waals surface area contributed by atoms with Crippen molar-refractivity contribution in [2.45, 2.75) is 25.3 Å². The molecule has 4 rings (SSSR count). The second-order valence-electron chi connectivity index (χ2n) is 7.11. The van der Waals surface area contributed by atoms with Gasteiger partial charge in [-0.05, 0) is 60.2 Å². The molecule has 1 N–H and O–H groups in total. The van der Waals surface area contributed by atoms with E-state index in [-0.39, 0.29) is 6.04 Å². The fraction of sp³-hybridized carbons (Fsp3) is 0.273. The lowest BCUT2D eigenvalue weighted by Crippen LogP contribution is -2.29. The van der Waals surface area contributed by atoms with Gasteiger partial charge in [0.25, 0.3) is 0 Å². The molecule has 1 aliphatic heterocycles. The molecule has 0 amide bonds. The quantitative estimate of drug-likeness (QED) is 0.585. The van der Waals surface area contributed by atoms with Crippen molar-refractivity contribution in [1.29, 1.82) is 0 Å². The Balaban J connectivity index is 1.70. The molecule has 3 atom stereocenters. The van der Waals surface area contributed by atoms with Crippen LogP contribution in [0.1, 0.15) is 36.4 Å². The van der Waals surface area contributed by atoms with Gasteiger partial charge in [0, 0.05) is 11.6 Å². The van der Waals surface area contributed by atoms with Crippen molar-refractivity contribution >= 4 is 28.9 Å². The van der Waals surface area contributed by atoms with Gasteiger partial charge in [0.1, 0.15) is 12.4 Å². The molecule has 0 fully saturated rings. The maximum Gasteiger partial charge on any atom is 0.120 e. The van der Waals surface area contributed by atoms with E-state index in [0.29, 0.717) is 28.5 Å². The Morgan fingerprint density at radius 2 is 2.08 bits per heavy atom. The molecule has 0 radical (unpaired) electrons. The highest BCUT2D eigenvalue weighted by molar-refractivity contribution is 6.42. The summed E-state index contributed by atoms with van der Waals surface area (Å²) in [6.45, 7) is 6.40. The molecule has 3 unspecified atom stereocenters. The molecule has 2 aromatic carbocycles. The second kappa shape index (κ2) is 7.02. The van der Waals surface area contributed by atoms with Crippen molar-refractivity contribution in [2.75, 3.05) is 11.9 Å². The molecule has 2 nitrogen and oxygen atoms in total. The molecule has 0 saturated heterocycles. The van der Waals surface area contributed by atoms with Gasteiger partial charge in [-0.25, -0.2) is 0 Å². The van der Waals surface area contributed by atoms with Crippen LogP contribution in [0.2, 0.25) is 10.0 Å². The summed E-state index contributed by atoms with van der Waals surface area (Å²) in [5.41, 5.74) is 4.47. The van der Waals surface area contributed by atoms with Crippen molar-refractivity contribution in [3.8, 4) is 5.75 Å². The zero-order chi connectivity index (χ0) is 18.3. The van der Waals surface area contributed by atoms with Gasteiger partial charge in [0.2, 0.25) is 0 Å². The summed E-state index contributed by atoms with van der Waals surface area (Å²) in [6.07, 6.45) is 5.58. The topological polar surface area (TPSA) is 21.3 Å². The van der Waals surface area contributed by atoms with Crippen LogP contribution in [0.25, 0.3) is 0 Å². The van der Waals surface area contributed by atoms with Gasteiger partial charge in [-0.2, -0.15) is 0 Å². The minimum Gasteiger partial charge on any atom is -0.489 e. The zero-order valence-corrected chi connectivity index (χ0v) is 16.1. The number of benzene rings is 2. The third kappa shape index (κ3) is 3.13. The molecule has 0 bridgehead atoms. The highest BCUT2D eigenvalue weighted by Crippen LogP contribution is 2.51. The number of allylic oxidation sites excluding steroid dienone is 2. The number of ether oxygens (including phenoxy) is 1. The third-order valence-corrected chi connectivity index (χ3v) is 5.97. The van der Waals surface area contributed by atoms with Gasteiger partial charge in [-0.15, -0.1) is 0 Å². The van der Waals surface area contributed by atoms with Crippen molar-refractivity contribution in [2.24, 2.45) is 5.92 Å². The van der Waals surface area contributed by atoms with Crippen LogP contribution in [0.15, 0.2) is 60.7 Å². The van der Waals surface area contributed by atoms with Crippen molar-refractivity contribution in [1.82, 2.24) is 0 Å². The highest BCUT2D eigenvalue weighted by Gasteiger charge is 2.39. The zero-order valence-electron chi connectivity index (χ0n) is 14.6. The number of fused-ring (bicyclic) bond motifs is 3. The summed E-state index contributed by atoms with van der Waals surface area (Å²) < 4.78 is 5.84. The van der Waals surface area contributed by atoms with E-state index < -0.39 is 0 Å². The standard InChI is InChI=1S/C22H21Cl2NO/c1-13(2)12-26-14-9-10-20-18(11-14)15-5-3-6-16(15)22(25-20)17-7-4-8-19(23)21(17)24/h3-5,7-11,15-16,22,25H,1,6,12H2,2H3. The summed E-state index contributed by atoms with van der Waals surface area (Å²) in [5.74, 6) is 1.64. The van der Waals surface area contributed by atoms with Crippen LogP contribution in [-0.4, -0.2) is 6.61 Å². The second-order valence-corrected chi connectivity index (χ2v) is 7.90. The van der Waals surface area contributed by atoms with E-state index in [4.69, 9.17) is 27.9 Å². The van der Waals surface area contributed by atoms with Gasteiger partial charge < -0.3 is 10.1 Å². The van der Waals surface area contributed by atoms with E-state index in [2.05, 4.69) is 42.2 Å². The first-order valence-electron chi connectivity index (χ1n) is 8.83. The Labute approximate surface area is 164 Å². The Kier molecular flexibility index (Phi) is 4.73. The molecule has 4 heteroatoms. The van der Waals surface area contributed by atoms with Crippen molar-refractivity contribution in [3.05, 3.63) is 81.9 Å². The Bertz CT molecular complexity index is 890. The minimum atomic E-state index is 0.135. The molecule has 1 aliphatic carbocycles. The number of rotatable bonds is 4. The molecule has 2 aromatic rings. The van der Waals surface area contributed by atoms with E-state index in [0.717, 1.165) is 29.0 Å². The number of hydrogen-bond acceptors (Lipinski definition) is 2. The summed E-state index contributed by atoms with van der Waals surface area (Å²) in [4.78, 5) is 0. The first-order valence-corrected chi connectivity index (χ1v) is 9.58. The summed E-state index contributed by atoms with van der Waals surface area (Å²) >= 11 is 12.8. The van der Waals surface area contributed by atoms with Crippen LogP contribution in [0.4, 0.5) is 5.69 Å². The van der Waals surface area contributed by atoms with Crippen LogP contribution >= 0.6 is 23.2 Å². The number of hydrogen-bond donors (Lipinski definition) is 1. The Morgan fingerprint density at radius 1 is 1.23 bits per heavy atom. The average Bonchev–Trinajstić information content (AvgIpc) is 3.12. The predicted octanol–water partition coefficient (Wildman–Crippen LogP) is 6.77. The van der Waals surface area contributed by atoms with Crippen LogP contribution < -0.4 is 10.1 Å². The van der Waals surface area contributed by atoms with Crippen molar-refractivity contribution in [3.63, 3.8) is 0 Å². The molecule has 1 heterocycles. The van der Waals surface area contributed by atoms with E-state index in [1.165, 1.54) is 5.56 Å². The van der Waals surface area contributed by atoms with Crippen molar-refractivity contribution < 1.29 is 4.74 Å². The lowest BCUT2D eigenvalue weighted by Gasteiger charge is -2.38. The van der Waals surface area contributed by atoms with Gasteiger partial charge in [0.15, 0.2) is 0 Å². The van der Waals surface area contributed by atoms with Gasteiger partial charge in [0.05, 0.1) is 16.1 Å². The average molecular weight is 386 g/mol. The molecular formula is C22H21Cl2NO. The van der Waals surface area contributed by atoms with Gasteiger partial charge in [-0.3, -0.25) is 0 Å². The first kappa shape index (κ1) is 17.5. The number of nitrogens with one attached hydrogen (secondary N) is 1. The lowest BCUT2D eigenvalue weighted by atomic mass is 9.77. The first-order chi connectivity index (χ1) is 12.5. The Hall–Kier alpha value is -1.90. The monoisotopic (exact) mass is 385 g/mol. The smallest absolute Gasteiger partial charge is 0.120 e. The summed E-state index contributed by atoms with van der Waals surface area (Å²) in [7, 11) is 0. The molecule has 134 valence electrons. The van der Waals surface area contributed by atoms with Crippen LogP contribution in [0, 0.1) is 5.92 Å². The molecule has 0 aromatic heterocycles. The van der Waals surface area contributed by atoms with Crippen LogP contribution in [0.5, 0.6) is 5.75 Å². The highest BCUT2D eigenvalue weighted by atomic mass is 35.5. The molecule has 2 aliphatic rings. The van der Waals surface area contributed by atoms with E-state index in [1.807, 2.05) is 25.1 Å². The lowest BCUT2D eigenvalue weighted by molar-refractivity contribution is 0.350. The summed E-state index contributed by atoms with van der Waals surface area (Å²) in [6, 6.07) is 12.2. The van der Waals surface area contributed by atoms with Crippen LogP contribution in [-0.2, 0) is 0 Å². The van der Waals surface area contributed by atoms with Gasteiger partial charge in [-0.1, -0.05) is 54.1 Å². The van der Waals surface area contributed by atoms with Crippen LogP contribution in [0.3, 0.4) is 0 Å². The molecular weight excluding hydrogens is 365 g/mol. The largest absolute Gasteiger partial charge is 0.489 e. The SMILES string of the molecule is C=C(C)COc1ccc2c(c1)C1C=CCC1C(c1cccc(Cl)c1Cl)N2.